The second-order valence-corrected chi connectivity index (χ2v) is 4.19. The summed E-state index contributed by atoms with van der Waals surface area (Å²) < 4.78 is 4.98. The number of hydrogen-bond donors (Lipinski definition) is 3. The topological polar surface area (TPSA) is 95.9 Å². The number of aromatic hydroxyl groups is 1. The largest absolute Gasteiger partial charge is 0.507 e. The number of ether oxygens (including phenoxy) is 1. The van der Waals surface area contributed by atoms with Crippen LogP contribution in [-0.4, -0.2) is 22.3 Å². The molecular weight excluding hydrogens is 274 g/mol. The van der Waals surface area contributed by atoms with Gasteiger partial charge in [0.1, 0.15) is 17.9 Å². The van der Waals surface area contributed by atoms with Gasteiger partial charge in [0.25, 0.3) is 0 Å². The van der Waals surface area contributed by atoms with Crippen molar-refractivity contribution < 1.29 is 24.5 Å². The smallest absolute Gasteiger partial charge is 0.411 e. The lowest BCUT2D eigenvalue weighted by atomic mass is 10.1. The molecule has 0 aliphatic carbocycles. The van der Waals surface area contributed by atoms with Gasteiger partial charge in [-0.1, -0.05) is 36.4 Å². The van der Waals surface area contributed by atoms with Crippen LogP contribution in [0.25, 0.3) is 0 Å². The number of amides is 1. The van der Waals surface area contributed by atoms with Crippen LogP contribution in [0.1, 0.15) is 15.9 Å². The van der Waals surface area contributed by atoms with Crippen molar-refractivity contribution in [2.24, 2.45) is 0 Å². The lowest BCUT2D eigenvalue weighted by Gasteiger charge is -2.10. The van der Waals surface area contributed by atoms with E-state index in [0.717, 1.165) is 5.56 Å². The zero-order valence-electron chi connectivity index (χ0n) is 10.9. The van der Waals surface area contributed by atoms with Crippen molar-refractivity contribution in [3.8, 4) is 5.75 Å². The Morgan fingerprint density at radius 1 is 1.05 bits per heavy atom. The molecule has 0 bridgehead atoms. The monoisotopic (exact) mass is 287 g/mol. The molecular formula is C15H13NO5. The summed E-state index contributed by atoms with van der Waals surface area (Å²) in [5.74, 6) is -1.77. The van der Waals surface area contributed by atoms with Gasteiger partial charge in [-0.05, 0) is 17.7 Å². The Hall–Kier alpha value is -3.02. The summed E-state index contributed by atoms with van der Waals surface area (Å²) in [5.41, 5.74) is 0.400. The molecule has 3 N–H and O–H groups in total. The Balaban J connectivity index is 2.03. The standard InChI is InChI=1S/C15H13NO5/c17-12-8-4-7-11(13(12)14(18)19)16-15(20)21-9-10-5-2-1-3-6-10/h1-8,17H,9H2,(H,16,20)(H,18,19). The van der Waals surface area contributed by atoms with Crippen LogP contribution < -0.4 is 5.32 Å². The van der Waals surface area contributed by atoms with Gasteiger partial charge in [-0.2, -0.15) is 0 Å². The van der Waals surface area contributed by atoms with E-state index in [0.29, 0.717) is 0 Å². The third kappa shape index (κ3) is 3.73. The maximum absolute atomic E-state index is 11.7. The van der Waals surface area contributed by atoms with Gasteiger partial charge < -0.3 is 14.9 Å². The Labute approximate surface area is 120 Å². The number of phenols is 1. The molecule has 0 saturated carbocycles. The number of nitrogens with one attached hydrogen (secondary N) is 1. The van der Waals surface area contributed by atoms with Gasteiger partial charge in [-0.25, -0.2) is 9.59 Å². The predicted octanol–water partition coefficient (Wildman–Crippen LogP) is 2.84. The molecule has 0 aromatic heterocycles. The number of rotatable bonds is 4. The summed E-state index contributed by atoms with van der Waals surface area (Å²) in [6.07, 6.45) is -0.799. The van der Waals surface area contributed by atoms with Gasteiger partial charge in [-0.3, -0.25) is 5.32 Å². The van der Waals surface area contributed by atoms with Crippen molar-refractivity contribution in [2.75, 3.05) is 5.32 Å². The van der Waals surface area contributed by atoms with E-state index in [-0.39, 0.29) is 17.9 Å². The van der Waals surface area contributed by atoms with Crippen molar-refractivity contribution in [1.82, 2.24) is 0 Å². The second kappa shape index (κ2) is 6.42. The van der Waals surface area contributed by atoms with Gasteiger partial charge in [-0.15, -0.1) is 0 Å². The molecule has 0 atom stereocenters. The molecule has 108 valence electrons. The summed E-state index contributed by atoms with van der Waals surface area (Å²) in [6.45, 7) is 0.0634. The lowest BCUT2D eigenvalue weighted by molar-refractivity contribution is 0.0695. The molecule has 1 amide bonds. The molecule has 0 fully saturated rings. The van der Waals surface area contributed by atoms with Gasteiger partial charge in [0.05, 0.1) is 5.69 Å². The van der Waals surface area contributed by atoms with Gasteiger partial charge in [0.2, 0.25) is 0 Å². The first kappa shape index (κ1) is 14.4. The molecule has 2 aromatic carbocycles. The average Bonchev–Trinajstić information content (AvgIpc) is 2.46. The first-order valence-electron chi connectivity index (χ1n) is 6.11. The van der Waals surface area contributed by atoms with Crippen LogP contribution in [0.2, 0.25) is 0 Å². The summed E-state index contributed by atoms with van der Waals surface area (Å²) >= 11 is 0. The van der Waals surface area contributed by atoms with E-state index in [4.69, 9.17) is 9.84 Å². The molecule has 2 aromatic rings. The zero-order chi connectivity index (χ0) is 15.2. The van der Waals surface area contributed by atoms with Crippen LogP contribution >= 0.6 is 0 Å². The van der Waals surface area contributed by atoms with Crippen LogP contribution in [0.15, 0.2) is 48.5 Å². The Morgan fingerprint density at radius 2 is 1.76 bits per heavy atom. The van der Waals surface area contributed by atoms with E-state index in [2.05, 4.69) is 5.32 Å². The highest BCUT2D eigenvalue weighted by atomic mass is 16.5. The molecule has 6 heteroatoms. The quantitative estimate of drug-likeness (QED) is 0.803. The van der Waals surface area contributed by atoms with E-state index >= 15 is 0 Å². The van der Waals surface area contributed by atoms with Crippen molar-refractivity contribution >= 4 is 17.7 Å². The highest BCUT2D eigenvalue weighted by molar-refractivity contribution is 6.01. The minimum atomic E-state index is -1.34. The Bertz CT molecular complexity index is 654. The molecule has 0 radical (unpaired) electrons. The first-order valence-corrected chi connectivity index (χ1v) is 6.11. The summed E-state index contributed by atoms with van der Waals surface area (Å²) in [6, 6.07) is 13.1. The van der Waals surface area contributed by atoms with Crippen molar-refractivity contribution in [1.29, 1.82) is 0 Å². The molecule has 0 unspecified atom stereocenters. The summed E-state index contributed by atoms with van der Waals surface area (Å²) in [5, 5.41) is 20.8. The van der Waals surface area contributed by atoms with Crippen molar-refractivity contribution in [3.63, 3.8) is 0 Å². The third-order valence-corrected chi connectivity index (χ3v) is 2.71. The molecule has 6 nitrogen and oxygen atoms in total. The van der Waals surface area contributed by atoms with Crippen LogP contribution in [0.4, 0.5) is 10.5 Å². The molecule has 0 heterocycles. The van der Waals surface area contributed by atoms with E-state index in [1.807, 2.05) is 18.2 Å². The first-order chi connectivity index (χ1) is 10.1. The number of hydrogen-bond acceptors (Lipinski definition) is 4. The maximum Gasteiger partial charge on any atom is 0.411 e. The fourth-order valence-corrected chi connectivity index (χ4v) is 1.74. The SMILES string of the molecule is O=C(Nc1cccc(O)c1C(=O)O)OCc1ccccc1. The van der Waals surface area contributed by atoms with Crippen molar-refractivity contribution in [2.45, 2.75) is 6.61 Å². The Kier molecular flexibility index (Phi) is 4.40. The fraction of sp³-hybridized carbons (Fsp3) is 0.0667. The van der Waals surface area contributed by atoms with Gasteiger partial charge in [0, 0.05) is 0 Å². The molecule has 0 saturated heterocycles. The number of aromatic carboxylic acids is 1. The fourth-order valence-electron chi connectivity index (χ4n) is 1.74. The van der Waals surface area contributed by atoms with Crippen LogP contribution in [0.3, 0.4) is 0 Å². The number of carboxylic acids is 1. The van der Waals surface area contributed by atoms with Crippen LogP contribution in [0, 0.1) is 0 Å². The highest BCUT2D eigenvalue weighted by Crippen LogP contribution is 2.25. The van der Waals surface area contributed by atoms with Gasteiger partial charge >= 0.3 is 12.1 Å². The minimum absolute atomic E-state index is 0.0273. The summed E-state index contributed by atoms with van der Waals surface area (Å²) in [7, 11) is 0. The molecule has 2 rings (SSSR count). The number of carbonyl (C=O) groups excluding carboxylic acids is 1. The van der Waals surface area contributed by atoms with Crippen LogP contribution in [0.5, 0.6) is 5.75 Å². The van der Waals surface area contributed by atoms with Gasteiger partial charge in [0.15, 0.2) is 0 Å². The van der Waals surface area contributed by atoms with E-state index in [1.165, 1.54) is 18.2 Å². The molecule has 0 aliphatic heterocycles. The van der Waals surface area contributed by atoms with E-state index in [9.17, 15) is 14.7 Å². The predicted molar refractivity (Wildman–Crippen MR) is 75.3 cm³/mol. The highest BCUT2D eigenvalue weighted by Gasteiger charge is 2.17. The Morgan fingerprint density at radius 3 is 2.43 bits per heavy atom. The average molecular weight is 287 g/mol. The zero-order valence-corrected chi connectivity index (χ0v) is 10.9. The number of carbonyl (C=O) groups is 2. The summed E-state index contributed by atoms with van der Waals surface area (Å²) in [4.78, 5) is 22.7. The molecule has 0 aliphatic rings. The molecule has 21 heavy (non-hydrogen) atoms. The number of carboxylic acid groups (broad SMARTS) is 1. The number of benzene rings is 2. The molecule has 0 spiro atoms. The number of anilines is 1. The van der Waals surface area contributed by atoms with Crippen molar-refractivity contribution in [3.05, 3.63) is 59.7 Å². The lowest BCUT2D eigenvalue weighted by Crippen LogP contribution is -2.16. The second-order valence-electron chi connectivity index (χ2n) is 4.19. The van der Waals surface area contributed by atoms with Crippen LogP contribution in [-0.2, 0) is 11.3 Å². The van der Waals surface area contributed by atoms with E-state index in [1.54, 1.807) is 12.1 Å². The normalized spacial score (nSPS) is 9.90. The third-order valence-electron chi connectivity index (χ3n) is 2.71. The maximum atomic E-state index is 11.7. The minimum Gasteiger partial charge on any atom is -0.507 e. The van der Waals surface area contributed by atoms with E-state index < -0.39 is 17.8 Å².